The van der Waals surface area contributed by atoms with E-state index < -0.39 is 74.6 Å². The molecule has 3 fully saturated rings. The molecule has 2 heterocycles. The summed E-state index contributed by atoms with van der Waals surface area (Å²) in [6.07, 6.45) is -3.49. The highest BCUT2D eigenvalue weighted by atomic mass is 16.7. The first-order chi connectivity index (χ1) is 16.4. The van der Waals surface area contributed by atoms with E-state index in [1.165, 1.54) is 38.5 Å². The van der Waals surface area contributed by atoms with Crippen LogP contribution >= 0.6 is 0 Å². The molecule has 3 aliphatic rings. The van der Waals surface area contributed by atoms with Gasteiger partial charge in [-0.15, -0.1) is 0 Å². The van der Waals surface area contributed by atoms with Crippen LogP contribution in [0.1, 0.15) is 57.8 Å². The van der Waals surface area contributed by atoms with Crippen molar-refractivity contribution in [3.8, 4) is 0 Å². The molecule has 11 nitrogen and oxygen atoms in total. The fourth-order valence-corrected chi connectivity index (χ4v) is 5.08. The second kappa shape index (κ2) is 13.8. The fraction of sp³-hybridized carbons (Fsp3) is 1.00. The molecule has 11 heteroatoms. The molecule has 0 bridgehead atoms. The standard InChI is InChI=1S/C23H42O11/c24-11-14-16(26)17(27)19(29)23(32-14)34-21-15(12-25)33-22(20(30)18(21)28)31-10-6-2-5-9-13-7-3-1-4-8-13/h13-30H,1-12H2/t14?,15?,16-,17+,18?,19?,20+,21-,22-,23-/m1/s1. The average molecular weight is 495 g/mol. The van der Waals surface area contributed by atoms with Crippen LogP contribution in [0.3, 0.4) is 0 Å². The number of ether oxygens (including phenoxy) is 4. The van der Waals surface area contributed by atoms with Gasteiger partial charge < -0.3 is 54.7 Å². The van der Waals surface area contributed by atoms with Crippen LogP contribution in [0.2, 0.25) is 0 Å². The van der Waals surface area contributed by atoms with E-state index in [-0.39, 0.29) is 0 Å². The van der Waals surface area contributed by atoms with Crippen LogP contribution in [0.5, 0.6) is 0 Å². The molecule has 3 rings (SSSR count). The minimum absolute atomic E-state index is 0.329. The molecule has 0 amide bonds. The lowest BCUT2D eigenvalue weighted by molar-refractivity contribution is -0.359. The molecule has 4 unspecified atom stereocenters. The quantitative estimate of drug-likeness (QED) is 0.171. The molecular formula is C23H42O11. The van der Waals surface area contributed by atoms with Crippen LogP contribution in [0.25, 0.3) is 0 Å². The zero-order valence-corrected chi connectivity index (χ0v) is 19.6. The van der Waals surface area contributed by atoms with Gasteiger partial charge in [-0.05, 0) is 12.3 Å². The van der Waals surface area contributed by atoms with Gasteiger partial charge in [0.2, 0.25) is 0 Å². The molecule has 0 radical (unpaired) electrons. The number of hydrogen-bond donors (Lipinski definition) is 7. The number of rotatable bonds is 11. The van der Waals surface area contributed by atoms with Crippen molar-refractivity contribution in [2.45, 2.75) is 119 Å². The summed E-state index contributed by atoms with van der Waals surface area (Å²) >= 11 is 0. The molecule has 34 heavy (non-hydrogen) atoms. The van der Waals surface area contributed by atoms with Crippen molar-refractivity contribution < 1.29 is 54.7 Å². The van der Waals surface area contributed by atoms with Gasteiger partial charge in [-0.1, -0.05) is 51.4 Å². The number of unbranched alkanes of at least 4 members (excludes halogenated alkanes) is 2. The van der Waals surface area contributed by atoms with Gasteiger partial charge >= 0.3 is 0 Å². The lowest BCUT2D eigenvalue weighted by atomic mass is 9.86. The number of hydrogen-bond acceptors (Lipinski definition) is 11. The van der Waals surface area contributed by atoms with Crippen LogP contribution in [0, 0.1) is 5.92 Å². The van der Waals surface area contributed by atoms with E-state index in [0.29, 0.717) is 6.61 Å². The largest absolute Gasteiger partial charge is 0.394 e. The molecular weight excluding hydrogens is 452 g/mol. The molecule has 1 aliphatic carbocycles. The minimum atomic E-state index is -1.69. The van der Waals surface area contributed by atoms with Crippen molar-refractivity contribution in [3.05, 3.63) is 0 Å². The Morgan fingerprint density at radius 3 is 1.97 bits per heavy atom. The molecule has 1 saturated carbocycles. The smallest absolute Gasteiger partial charge is 0.187 e. The molecule has 0 spiro atoms. The molecule has 0 aromatic rings. The normalized spacial score (nSPS) is 42.1. The van der Waals surface area contributed by atoms with Crippen molar-refractivity contribution >= 4 is 0 Å². The van der Waals surface area contributed by atoms with Gasteiger partial charge in [0.1, 0.15) is 48.8 Å². The Kier molecular flexibility index (Phi) is 11.4. The molecule has 0 aromatic carbocycles. The van der Waals surface area contributed by atoms with Gasteiger partial charge in [0.15, 0.2) is 12.6 Å². The minimum Gasteiger partial charge on any atom is -0.394 e. The lowest BCUT2D eigenvalue weighted by Crippen LogP contribution is -2.64. The van der Waals surface area contributed by atoms with Crippen LogP contribution in [-0.4, -0.2) is 117 Å². The van der Waals surface area contributed by atoms with Gasteiger partial charge in [-0.25, -0.2) is 0 Å². The second-order valence-electron chi connectivity index (χ2n) is 9.73. The Balaban J connectivity index is 1.45. The van der Waals surface area contributed by atoms with Gasteiger partial charge in [-0.2, -0.15) is 0 Å². The van der Waals surface area contributed by atoms with Gasteiger partial charge in [0.05, 0.1) is 13.2 Å². The van der Waals surface area contributed by atoms with Gasteiger partial charge in [0, 0.05) is 6.61 Å². The third kappa shape index (κ3) is 7.07. The van der Waals surface area contributed by atoms with E-state index >= 15 is 0 Å². The predicted octanol–water partition coefficient (Wildman–Crippen LogP) is -1.23. The Labute approximate surface area is 200 Å². The maximum Gasteiger partial charge on any atom is 0.187 e. The summed E-state index contributed by atoms with van der Waals surface area (Å²) in [6, 6.07) is 0. The van der Waals surface area contributed by atoms with Crippen molar-refractivity contribution in [2.24, 2.45) is 5.92 Å². The Morgan fingerprint density at radius 2 is 1.29 bits per heavy atom. The number of aliphatic hydroxyl groups excluding tert-OH is 7. The summed E-state index contributed by atoms with van der Waals surface area (Å²) < 4.78 is 22.1. The summed E-state index contributed by atoms with van der Waals surface area (Å²) in [7, 11) is 0. The molecule has 7 N–H and O–H groups in total. The first-order valence-electron chi connectivity index (χ1n) is 12.6. The van der Waals surface area contributed by atoms with Crippen LogP contribution in [0.15, 0.2) is 0 Å². The average Bonchev–Trinajstić information content (AvgIpc) is 2.85. The summed E-state index contributed by atoms with van der Waals surface area (Å²) in [5, 5.41) is 70.2. The Hall–Kier alpha value is -0.440. The highest BCUT2D eigenvalue weighted by molar-refractivity contribution is 4.94. The zero-order valence-electron chi connectivity index (χ0n) is 19.6. The maximum absolute atomic E-state index is 10.6. The summed E-state index contributed by atoms with van der Waals surface area (Å²) in [4.78, 5) is 0. The zero-order chi connectivity index (χ0) is 24.7. The Bertz CT molecular complexity index is 571. The van der Waals surface area contributed by atoms with E-state index in [1.807, 2.05) is 0 Å². The highest BCUT2D eigenvalue weighted by Gasteiger charge is 2.50. The molecule has 2 aliphatic heterocycles. The van der Waals surface area contributed by atoms with Crippen molar-refractivity contribution in [2.75, 3.05) is 19.8 Å². The van der Waals surface area contributed by atoms with Crippen LogP contribution < -0.4 is 0 Å². The molecule has 2 saturated heterocycles. The van der Waals surface area contributed by atoms with E-state index in [0.717, 1.165) is 25.2 Å². The highest BCUT2D eigenvalue weighted by Crippen LogP contribution is 2.30. The van der Waals surface area contributed by atoms with Crippen molar-refractivity contribution in [1.82, 2.24) is 0 Å². The summed E-state index contributed by atoms with van der Waals surface area (Å²) in [6.45, 7) is -0.889. The van der Waals surface area contributed by atoms with E-state index in [2.05, 4.69) is 0 Å². The van der Waals surface area contributed by atoms with E-state index in [9.17, 15) is 35.7 Å². The Morgan fingerprint density at radius 1 is 0.647 bits per heavy atom. The SMILES string of the molecule is OCC1O[C@@H](OCCCCCC2CCCCC2)[C@@H](O)C(O)[C@@H]1O[C@H]1OC(CO)[C@@H](O)[C@H](O)C1O. The molecule has 200 valence electrons. The van der Waals surface area contributed by atoms with Crippen molar-refractivity contribution in [3.63, 3.8) is 0 Å². The predicted molar refractivity (Wildman–Crippen MR) is 117 cm³/mol. The van der Waals surface area contributed by atoms with Gasteiger partial charge in [0.25, 0.3) is 0 Å². The first-order valence-corrected chi connectivity index (χ1v) is 12.6. The second-order valence-corrected chi connectivity index (χ2v) is 9.73. The van der Waals surface area contributed by atoms with E-state index in [4.69, 9.17) is 18.9 Å². The molecule has 10 atom stereocenters. The topological polar surface area (TPSA) is 179 Å². The third-order valence-electron chi connectivity index (χ3n) is 7.22. The third-order valence-corrected chi connectivity index (χ3v) is 7.22. The first kappa shape index (κ1) is 28.1. The van der Waals surface area contributed by atoms with E-state index in [1.54, 1.807) is 0 Å². The molecule has 0 aromatic heterocycles. The van der Waals surface area contributed by atoms with Crippen LogP contribution in [0.4, 0.5) is 0 Å². The van der Waals surface area contributed by atoms with Crippen LogP contribution in [-0.2, 0) is 18.9 Å². The monoisotopic (exact) mass is 494 g/mol. The fourth-order valence-electron chi connectivity index (χ4n) is 5.08. The summed E-state index contributed by atoms with van der Waals surface area (Å²) in [5.41, 5.74) is 0. The maximum atomic E-state index is 10.6. The summed E-state index contributed by atoms with van der Waals surface area (Å²) in [5.74, 6) is 0.833. The number of aliphatic hydroxyl groups is 7. The van der Waals surface area contributed by atoms with Gasteiger partial charge in [-0.3, -0.25) is 0 Å². The van der Waals surface area contributed by atoms with Crippen molar-refractivity contribution in [1.29, 1.82) is 0 Å². The lowest BCUT2D eigenvalue weighted by Gasteiger charge is -2.45.